The highest BCUT2D eigenvalue weighted by Gasteiger charge is 2.12. The smallest absolute Gasteiger partial charge is 0.329 e. The number of methoxy groups -OCH3 is 2. The van der Waals surface area contributed by atoms with Gasteiger partial charge in [0.15, 0.2) is 11.5 Å². The lowest BCUT2D eigenvalue weighted by Gasteiger charge is -2.07. The van der Waals surface area contributed by atoms with E-state index in [1.54, 1.807) is 43.5 Å². The summed E-state index contributed by atoms with van der Waals surface area (Å²) in [6, 6.07) is 12.3. The third kappa shape index (κ3) is 5.07. The molecule has 0 fully saturated rings. The SMILES string of the molecule is COc1ccc(C=NNC(=O)C(=O)Nc2cccc(C)c2)cc1OC. The van der Waals surface area contributed by atoms with E-state index in [9.17, 15) is 9.59 Å². The Morgan fingerprint density at radius 3 is 2.44 bits per heavy atom. The number of ether oxygens (including phenoxy) is 2. The van der Waals surface area contributed by atoms with Gasteiger partial charge in [-0.3, -0.25) is 9.59 Å². The molecular weight excluding hydrogens is 322 g/mol. The van der Waals surface area contributed by atoms with Gasteiger partial charge in [-0.1, -0.05) is 12.1 Å². The molecule has 2 amide bonds. The second kappa shape index (κ2) is 8.49. The number of nitrogens with zero attached hydrogens (tertiary/aromatic N) is 1. The maximum Gasteiger partial charge on any atom is 0.329 e. The van der Waals surface area contributed by atoms with E-state index in [1.807, 2.05) is 13.0 Å². The van der Waals surface area contributed by atoms with Gasteiger partial charge in [-0.15, -0.1) is 0 Å². The Morgan fingerprint density at radius 1 is 1.00 bits per heavy atom. The maximum absolute atomic E-state index is 11.8. The number of nitrogens with one attached hydrogen (secondary N) is 2. The van der Waals surface area contributed by atoms with Crippen LogP contribution in [0.5, 0.6) is 11.5 Å². The molecule has 2 aromatic rings. The van der Waals surface area contributed by atoms with Crippen molar-refractivity contribution in [1.82, 2.24) is 5.43 Å². The summed E-state index contributed by atoms with van der Waals surface area (Å²) in [5.74, 6) is -0.538. The van der Waals surface area contributed by atoms with Crippen molar-refractivity contribution in [2.24, 2.45) is 5.10 Å². The van der Waals surface area contributed by atoms with Gasteiger partial charge in [0, 0.05) is 5.69 Å². The molecule has 0 bridgehead atoms. The van der Waals surface area contributed by atoms with E-state index in [0.29, 0.717) is 22.7 Å². The molecule has 0 spiro atoms. The number of aryl methyl sites for hydroxylation is 1. The molecule has 2 rings (SSSR count). The molecular formula is C18H19N3O4. The van der Waals surface area contributed by atoms with Crippen LogP contribution < -0.4 is 20.2 Å². The summed E-state index contributed by atoms with van der Waals surface area (Å²) in [6.45, 7) is 1.89. The lowest BCUT2D eigenvalue weighted by Crippen LogP contribution is -2.32. The van der Waals surface area contributed by atoms with Gasteiger partial charge in [0.05, 0.1) is 20.4 Å². The number of carbonyl (C=O) groups excluding carboxylic acids is 2. The van der Waals surface area contributed by atoms with Crippen LogP contribution in [0.25, 0.3) is 0 Å². The molecule has 0 aliphatic heterocycles. The first kappa shape index (κ1) is 18.0. The molecule has 0 saturated carbocycles. The average Bonchev–Trinajstić information content (AvgIpc) is 2.61. The zero-order chi connectivity index (χ0) is 18.2. The summed E-state index contributed by atoms with van der Waals surface area (Å²) in [5, 5.41) is 6.27. The second-order valence-corrected chi connectivity index (χ2v) is 5.14. The number of hydrogen-bond donors (Lipinski definition) is 2. The molecule has 0 aliphatic carbocycles. The number of anilines is 1. The van der Waals surface area contributed by atoms with Crippen LogP contribution in [0.4, 0.5) is 5.69 Å². The third-order valence-electron chi connectivity index (χ3n) is 3.27. The first-order valence-corrected chi connectivity index (χ1v) is 7.46. The number of amides is 2. The Morgan fingerprint density at radius 2 is 1.76 bits per heavy atom. The molecule has 0 heterocycles. The van der Waals surface area contributed by atoms with Crippen LogP contribution in [0.1, 0.15) is 11.1 Å². The summed E-state index contributed by atoms with van der Waals surface area (Å²) >= 11 is 0. The lowest BCUT2D eigenvalue weighted by molar-refractivity contribution is -0.136. The van der Waals surface area contributed by atoms with Gasteiger partial charge in [-0.2, -0.15) is 5.10 Å². The Kier molecular flexibility index (Phi) is 6.11. The van der Waals surface area contributed by atoms with Crippen LogP contribution in [-0.2, 0) is 9.59 Å². The summed E-state index contributed by atoms with van der Waals surface area (Å²) in [7, 11) is 3.06. The van der Waals surface area contributed by atoms with E-state index in [-0.39, 0.29) is 0 Å². The van der Waals surface area contributed by atoms with Crippen LogP contribution in [0, 0.1) is 6.92 Å². The Balaban J connectivity index is 1.94. The van der Waals surface area contributed by atoms with E-state index in [2.05, 4.69) is 15.8 Å². The number of hydrazone groups is 1. The first-order valence-electron chi connectivity index (χ1n) is 7.46. The fourth-order valence-corrected chi connectivity index (χ4v) is 2.06. The topological polar surface area (TPSA) is 89.0 Å². The minimum absolute atomic E-state index is 0.537. The molecule has 0 saturated heterocycles. The molecule has 7 nitrogen and oxygen atoms in total. The standard InChI is InChI=1S/C18H19N3O4/c1-12-5-4-6-14(9-12)20-17(22)18(23)21-19-11-13-7-8-15(24-2)16(10-13)25-3/h4-11H,1-3H3,(H,20,22)(H,21,23). The number of rotatable bonds is 5. The Labute approximate surface area is 145 Å². The minimum atomic E-state index is -0.863. The van der Waals surface area contributed by atoms with Crippen molar-refractivity contribution >= 4 is 23.7 Å². The maximum atomic E-state index is 11.8. The van der Waals surface area contributed by atoms with Crippen LogP contribution in [0.3, 0.4) is 0 Å². The van der Waals surface area contributed by atoms with Crippen LogP contribution in [0.15, 0.2) is 47.6 Å². The van der Waals surface area contributed by atoms with Gasteiger partial charge < -0.3 is 14.8 Å². The molecule has 0 radical (unpaired) electrons. The normalized spacial score (nSPS) is 10.4. The molecule has 2 N–H and O–H groups in total. The van der Waals surface area contributed by atoms with Crippen LogP contribution in [0.2, 0.25) is 0 Å². The highest BCUT2D eigenvalue weighted by molar-refractivity contribution is 6.39. The molecule has 25 heavy (non-hydrogen) atoms. The molecule has 0 atom stereocenters. The first-order chi connectivity index (χ1) is 12.0. The summed E-state index contributed by atoms with van der Waals surface area (Å²) in [6.07, 6.45) is 1.40. The van der Waals surface area contributed by atoms with Gasteiger partial charge in [0.2, 0.25) is 0 Å². The average molecular weight is 341 g/mol. The fraction of sp³-hybridized carbons (Fsp3) is 0.167. The highest BCUT2D eigenvalue weighted by atomic mass is 16.5. The molecule has 0 aromatic heterocycles. The number of carbonyl (C=O) groups is 2. The molecule has 7 heteroatoms. The minimum Gasteiger partial charge on any atom is -0.493 e. The Hall–Kier alpha value is -3.35. The summed E-state index contributed by atoms with van der Waals surface area (Å²) < 4.78 is 10.3. The lowest BCUT2D eigenvalue weighted by atomic mass is 10.2. The van der Waals surface area contributed by atoms with E-state index in [4.69, 9.17) is 9.47 Å². The molecule has 0 unspecified atom stereocenters. The van der Waals surface area contributed by atoms with Crippen molar-refractivity contribution in [2.75, 3.05) is 19.5 Å². The molecule has 130 valence electrons. The predicted octanol–water partition coefficient (Wildman–Crippen LogP) is 2.10. The second-order valence-electron chi connectivity index (χ2n) is 5.14. The van der Waals surface area contributed by atoms with E-state index >= 15 is 0 Å². The third-order valence-corrected chi connectivity index (χ3v) is 3.27. The van der Waals surface area contributed by atoms with Gasteiger partial charge >= 0.3 is 11.8 Å². The van der Waals surface area contributed by atoms with Crippen molar-refractivity contribution in [2.45, 2.75) is 6.92 Å². The monoisotopic (exact) mass is 341 g/mol. The van der Waals surface area contributed by atoms with Gasteiger partial charge in [-0.05, 0) is 48.4 Å². The van der Waals surface area contributed by atoms with Gasteiger partial charge in [0.1, 0.15) is 0 Å². The van der Waals surface area contributed by atoms with Crippen molar-refractivity contribution in [3.05, 3.63) is 53.6 Å². The van der Waals surface area contributed by atoms with Gasteiger partial charge in [0.25, 0.3) is 0 Å². The van der Waals surface area contributed by atoms with E-state index in [0.717, 1.165) is 5.56 Å². The predicted molar refractivity (Wildman–Crippen MR) is 95.1 cm³/mol. The van der Waals surface area contributed by atoms with Crippen molar-refractivity contribution in [3.63, 3.8) is 0 Å². The number of hydrogen-bond acceptors (Lipinski definition) is 5. The summed E-state index contributed by atoms with van der Waals surface area (Å²) in [5.41, 5.74) is 4.38. The van der Waals surface area contributed by atoms with Crippen molar-refractivity contribution in [1.29, 1.82) is 0 Å². The van der Waals surface area contributed by atoms with Crippen molar-refractivity contribution < 1.29 is 19.1 Å². The highest BCUT2D eigenvalue weighted by Crippen LogP contribution is 2.26. The Bertz CT molecular complexity index is 803. The molecule has 2 aromatic carbocycles. The van der Waals surface area contributed by atoms with E-state index in [1.165, 1.54) is 13.3 Å². The largest absolute Gasteiger partial charge is 0.493 e. The van der Waals surface area contributed by atoms with Gasteiger partial charge in [-0.25, -0.2) is 5.43 Å². The summed E-state index contributed by atoms with van der Waals surface area (Å²) in [4.78, 5) is 23.6. The number of benzene rings is 2. The van der Waals surface area contributed by atoms with Crippen LogP contribution in [-0.4, -0.2) is 32.2 Å². The zero-order valence-corrected chi connectivity index (χ0v) is 14.2. The quantitative estimate of drug-likeness (QED) is 0.495. The van der Waals surface area contributed by atoms with Crippen LogP contribution >= 0.6 is 0 Å². The molecule has 0 aliphatic rings. The fourth-order valence-electron chi connectivity index (χ4n) is 2.06. The van der Waals surface area contributed by atoms with Crippen molar-refractivity contribution in [3.8, 4) is 11.5 Å². The zero-order valence-electron chi connectivity index (χ0n) is 14.2. The van der Waals surface area contributed by atoms with E-state index < -0.39 is 11.8 Å².